The monoisotopic (exact) mass is 499 g/mol. The van der Waals surface area contributed by atoms with Crippen LogP contribution in [0.25, 0.3) is 0 Å². The second-order valence-electron chi connectivity index (χ2n) is 7.13. The van der Waals surface area contributed by atoms with E-state index in [0.717, 1.165) is 51.0 Å². The molecule has 2 amide bonds. The zero-order chi connectivity index (χ0) is 19.2. The molecule has 8 heteroatoms. The van der Waals surface area contributed by atoms with Crippen molar-refractivity contribution >= 4 is 47.4 Å². The number of anilines is 1. The maximum atomic E-state index is 12.7. The number of amides is 2. The molecule has 1 aromatic rings. The number of rotatable bonds is 3. The molecule has 7 nitrogen and oxygen atoms in total. The first kappa shape index (κ1) is 22.4. The van der Waals surface area contributed by atoms with Gasteiger partial charge in [0.05, 0.1) is 6.54 Å². The summed E-state index contributed by atoms with van der Waals surface area (Å²) >= 11 is 0. The van der Waals surface area contributed by atoms with Crippen LogP contribution in [-0.4, -0.2) is 61.9 Å². The molecule has 2 N–H and O–H groups in total. The molecule has 2 heterocycles. The highest BCUT2D eigenvalue weighted by atomic mass is 127. The summed E-state index contributed by atoms with van der Waals surface area (Å²) in [5, 5.41) is 6.52. The van der Waals surface area contributed by atoms with Crippen molar-refractivity contribution in [2.24, 2.45) is 4.99 Å². The van der Waals surface area contributed by atoms with Gasteiger partial charge in [-0.15, -0.1) is 24.0 Å². The number of aliphatic imine (C=N–C) groups is 1. The van der Waals surface area contributed by atoms with Crippen molar-refractivity contribution in [3.63, 3.8) is 0 Å². The number of guanidine groups is 1. The van der Waals surface area contributed by atoms with Gasteiger partial charge in [-0.25, -0.2) is 0 Å². The van der Waals surface area contributed by atoms with Gasteiger partial charge >= 0.3 is 0 Å². The predicted octanol–water partition coefficient (Wildman–Crippen LogP) is 1.76. The highest BCUT2D eigenvalue weighted by Gasteiger charge is 2.23. The van der Waals surface area contributed by atoms with Gasteiger partial charge in [-0.2, -0.15) is 0 Å². The molecule has 0 radical (unpaired) electrons. The van der Waals surface area contributed by atoms with E-state index in [9.17, 15) is 9.59 Å². The van der Waals surface area contributed by atoms with Crippen LogP contribution in [-0.2, 0) is 16.0 Å². The number of benzene rings is 1. The number of halogens is 1. The van der Waals surface area contributed by atoms with Crippen LogP contribution in [0.2, 0.25) is 0 Å². The minimum absolute atomic E-state index is 0. The number of hydrogen-bond donors (Lipinski definition) is 2. The molecule has 0 aliphatic carbocycles. The average Bonchev–Trinajstić information content (AvgIpc) is 2.70. The molecule has 0 unspecified atom stereocenters. The van der Waals surface area contributed by atoms with Gasteiger partial charge in [-0.1, -0.05) is 18.2 Å². The number of piperidine rings is 1. The van der Waals surface area contributed by atoms with Crippen LogP contribution in [0.15, 0.2) is 29.3 Å². The van der Waals surface area contributed by atoms with Crippen LogP contribution in [0.4, 0.5) is 5.69 Å². The first-order chi connectivity index (χ1) is 13.1. The largest absolute Gasteiger partial charge is 0.354 e. The van der Waals surface area contributed by atoms with E-state index in [2.05, 4.69) is 21.7 Å². The second kappa shape index (κ2) is 10.6. The van der Waals surface area contributed by atoms with E-state index in [1.54, 1.807) is 14.0 Å². The molecule has 0 saturated carbocycles. The maximum absolute atomic E-state index is 12.7. The maximum Gasteiger partial charge on any atom is 0.246 e. The number of hydrogen-bond acceptors (Lipinski definition) is 3. The smallest absolute Gasteiger partial charge is 0.246 e. The molecule has 2 aliphatic rings. The lowest BCUT2D eigenvalue weighted by molar-refractivity contribution is -0.129. The fraction of sp³-hybridized carbons (Fsp3) is 0.550. The first-order valence-electron chi connectivity index (χ1n) is 9.69. The normalized spacial score (nSPS) is 17.4. The van der Waals surface area contributed by atoms with Gasteiger partial charge in [0.25, 0.3) is 0 Å². The quantitative estimate of drug-likeness (QED) is 0.378. The molecular weight excluding hydrogens is 469 g/mol. The highest BCUT2D eigenvalue weighted by Crippen LogP contribution is 2.26. The molecular formula is C20H30IN5O2. The van der Waals surface area contributed by atoms with E-state index in [4.69, 9.17) is 0 Å². The number of aryl methyl sites for hydroxylation is 1. The van der Waals surface area contributed by atoms with Crippen molar-refractivity contribution in [1.29, 1.82) is 0 Å². The Bertz CT molecular complexity index is 716. The van der Waals surface area contributed by atoms with Gasteiger partial charge in [0.1, 0.15) is 0 Å². The number of carbonyl (C=O) groups is 2. The SMILES string of the molecule is CN=C(NCC(=O)N1CCCc2ccccc21)NC1CCN(C(C)=O)CC1.I. The predicted molar refractivity (Wildman–Crippen MR) is 122 cm³/mol. The number of carbonyl (C=O) groups excluding carboxylic acids is 2. The van der Waals surface area contributed by atoms with Crippen molar-refractivity contribution < 1.29 is 9.59 Å². The number of nitrogens with zero attached hydrogens (tertiary/aromatic N) is 3. The van der Waals surface area contributed by atoms with Crippen molar-refractivity contribution in [3.8, 4) is 0 Å². The fourth-order valence-electron chi connectivity index (χ4n) is 3.77. The molecule has 1 aromatic carbocycles. The summed E-state index contributed by atoms with van der Waals surface area (Å²) in [5.41, 5.74) is 2.26. The fourth-order valence-corrected chi connectivity index (χ4v) is 3.77. The molecule has 1 fully saturated rings. The molecule has 0 spiro atoms. The van der Waals surface area contributed by atoms with E-state index >= 15 is 0 Å². The summed E-state index contributed by atoms with van der Waals surface area (Å²) in [6, 6.07) is 8.37. The Morgan fingerprint density at radius 2 is 1.89 bits per heavy atom. The number of nitrogens with one attached hydrogen (secondary N) is 2. The molecule has 3 rings (SSSR count). The summed E-state index contributed by atoms with van der Waals surface area (Å²) in [4.78, 5) is 32.1. The summed E-state index contributed by atoms with van der Waals surface area (Å²) in [6.45, 7) is 4.09. The van der Waals surface area contributed by atoms with Crippen molar-refractivity contribution in [2.75, 3.05) is 38.1 Å². The first-order valence-corrected chi connectivity index (χ1v) is 9.69. The zero-order valence-corrected chi connectivity index (χ0v) is 18.9. The van der Waals surface area contributed by atoms with E-state index in [-0.39, 0.29) is 48.4 Å². The van der Waals surface area contributed by atoms with E-state index < -0.39 is 0 Å². The molecule has 1 saturated heterocycles. The number of fused-ring (bicyclic) bond motifs is 1. The van der Waals surface area contributed by atoms with Gasteiger partial charge in [-0.05, 0) is 37.3 Å². The molecule has 0 atom stereocenters. The third-order valence-corrected chi connectivity index (χ3v) is 5.32. The van der Waals surface area contributed by atoms with E-state index in [1.807, 2.05) is 28.0 Å². The zero-order valence-electron chi connectivity index (χ0n) is 16.6. The van der Waals surface area contributed by atoms with Crippen molar-refractivity contribution in [1.82, 2.24) is 15.5 Å². The van der Waals surface area contributed by atoms with Crippen LogP contribution < -0.4 is 15.5 Å². The molecule has 28 heavy (non-hydrogen) atoms. The Morgan fingerprint density at radius 1 is 1.18 bits per heavy atom. The minimum atomic E-state index is 0. The van der Waals surface area contributed by atoms with Gasteiger partial charge in [-0.3, -0.25) is 14.6 Å². The van der Waals surface area contributed by atoms with Crippen molar-refractivity contribution in [2.45, 2.75) is 38.6 Å². The molecule has 0 aromatic heterocycles. The lowest BCUT2D eigenvalue weighted by Crippen LogP contribution is -2.51. The Labute approximate surface area is 184 Å². The van der Waals surface area contributed by atoms with Gasteiger partial charge < -0.3 is 20.4 Å². The lowest BCUT2D eigenvalue weighted by atomic mass is 10.0. The van der Waals surface area contributed by atoms with Gasteiger partial charge in [0, 0.05) is 45.3 Å². The third-order valence-electron chi connectivity index (χ3n) is 5.32. The number of para-hydroxylation sites is 1. The standard InChI is InChI=1S/C20H29N5O2.HI/c1-15(26)24-12-9-17(10-13-24)23-20(21-2)22-14-19(27)25-11-5-7-16-6-3-4-8-18(16)25;/h3-4,6,8,17H,5,7,9-14H2,1-2H3,(H2,21,22,23);1H. The lowest BCUT2D eigenvalue weighted by Gasteiger charge is -2.33. The Kier molecular flexibility index (Phi) is 8.53. The van der Waals surface area contributed by atoms with Crippen LogP contribution in [0, 0.1) is 0 Å². The summed E-state index contributed by atoms with van der Waals surface area (Å²) < 4.78 is 0. The van der Waals surface area contributed by atoms with Crippen LogP contribution >= 0.6 is 24.0 Å². The summed E-state index contributed by atoms with van der Waals surface area (Å²) in [6.07, 6.45) is 3.78. The molecule has 0 bridgehead atoms. The Balaban J connectivity index is 0.00000280. The number of likely N-dealkylation sites (tertiary alicyclic amines) is 1. The van der Waals surface area contributed by atoms with Crippen LogP contribution in [0.5, 0.6) is 0 Å². The van der Waals surface area contributed by atoms with E-state index in [1.165, 1.54) is 5.56 Å². The molecule has 154 valence electrons. The second-order valence-corrected chi connectivity index (χ2v) is 7.13. The van der Waals surface area contributed by atoms with Gasteiger partial charge in [0.2, 0.25) is 11.8 Å². The Morgan fingerprint density at radius 3 is 2.57 bits per heavy atom. The summed E-state index contributed by atoms with van der Waals surface area (Å²) in [5.74, 6) is 0.815. The topological polar surface area (TPSA) is 77.0 Å². The molecule has 2 aliphatic heterocycles. The third kappa shape index (κ3) is 5.59. The summed E-state index contributed by atoms with van der Waals surface area (Å²) in [7, 11) is 1.71. The van der Waals surface area contributed by atoms with Gasteiger partial charge in [0.15, 0.2) is 5.96 Å². The highest BCUT2D eigenvalue weighted by molar-refractivity contribution is 14.0. The van der Waals surface area contributed by atoms with Crippen LogP contribution in [0.3, 0.4) is 0 Å². The average molecular weight is 499 g/mol. The Hall–Kier alpha value is -1.84. The van der Waals surface area contributed by atoms with Crippen molar-refractivity contribution in [3.05, 3.63) is 29.8 Å². The van der Waals surface area contributed by atoms with E-state index in [0.29, 0.717) is 5.96 Å². The van der Waals surface area contributed by atoms with Crippen LogP contribution in [0.1, 0.15) is 31.7 Å². The minimum Gasteiger partial charge on any atom is -0.354 e.